The molecule has 114 valence electrons. The number of sulfonamides is 1. The van der Waals surface area contributed by atoms with Crippen LogP contribution in [-0.2, 0) is 16.6 Å². The third-order valence-corrected chi connectivity index (χ3v) is 5.51. The van der Waals surface area contributed by atoms with Crippen LogP contribution in [0.3, 0.4) is 0 Å². The maximum atomic E-state index is 12.4. The van der Waals surface area contributed by atoms with Gasteiger partial charge in [-0.1, -0.05) is 25.1 Å². The van der Waals surface area contributed by atoms with Gasteiger partial charge in [-0.3, -0.25) is 0 Å². The van der Waals surface area contributed by atoms with Crippen molar-refractivity contribution in [3.8, 4) is 0 Å². The first kappa shape index (κ1) is 17.5. The van der Waals surface area contributed by atoms with Gasteiger partial charge in [-0.2, -0.15) is 11.8 Å². The summed E-state index contributed by atoms with van der Waals surface area (Å²) in [6.45, 7) is 4.55. The van der Waals surface area contributed by atoms with Gasteiger partial charge in [-0.25, -0.2) is 13.1 Å². The first-order chi connectivity index (χ1) is 9.51. The van der Waals surface area contributed by atoms with Gasteiger partial charge in [0.05, 0.1) is 4.90 Å². The Kier molecular flexibility index (Phi) is 7.58. The van der Waals surface area contributed by atoms with Crippen molar-refractivity contribution in [1.82, 2.24) is 10.0 Å². The molecule has 20 heavy (non-hydrogen) atoms. The molecular weight excluding hydrogens is 292 g/mol. The van der Waals surface area contributed by atoms with Gasteiger partial charge in [0, 0.05) is 12.6 Å². The Bertz CT molecular complexity index is 504. The van der Waals surface area contributed by atoms with E-state index in [1.807, 2.05) is 30.8 Å². The number of hydrogen-bond acceptors (Lipinski definition) is 4. The van der Waals surface area contributed by atoms with Crippen molar-refractivity contribution in [2.75, 3.05) is 18.6 Å². The fraction of sp³-hybridized carbons (Fsp3) is 0.571. The van der Waals surface area contributed by atoms with Crippen LogP contribution in [0.5, 0.6) is 0 Å². The summed E-state index contributed by atoms with van der Waals surface area (Å²) >= 11 is 1.82. The second kappa shape index (κ2) is 8.67. The zero-order chi connectivity index (χ0) is 15.0. The van der Waals surface area contributed by atoms with Crippen molar-refractivity contribution < 1.29 is 8.42 Å². The Morgan fingerprint density at radius 2 is 2.00 bits per heavy atom. The monoisotopic (exact) mass is 316 g/mol. The molecule has 0 aliphatic heterocycles. The highest BCUT2D eigenvalue weighted by Gasteiger charge is 2.19. The fourth-order valence-corrected chi connectivity index (χ4v) is 4.22. The summed E-state index contributed by atoms with van der Waals surface area (Å²) in [4.78, 5) is 0.365. The minimum absolute atomic E-state index is 0.0540. The number of benzene rings is 1. The van der Waals surface area contributed by atoms with Crippen molar-refractivity contribution in [3.63, 3.8) is 0 Å². The quantitative estimate of drug-likeness (QED) is 0.686. The second-order valence-corrected chi connectivity index (χ2v) is 7.72. The molecule has 1 rings (SSSR count). The Morgan fingerprint density at radius 3 is 2.65 bits per heavy atom. The number of nitrogens with one attached hydrogen (secondary N) is 2. The fourth-order valence-electron chi connectivity index (χ4n) is 1.89. The average molecular weight is 316 g/mol. The molecule has 0 fully saturated rings. The molecule has 0 saturated carbocycles. The summed E-state index contributed by atoms with van der Waals surface area (Å²) in [6.07, 6.45) is 0.839. The molecule has 1 atom stereocenters. The Hall–Kier alpha value is -0.560. The van der Waals surface area contributed by atoms with Gasteiger partial charge in [0.15, 0.2) is 0 Å². The highest BCUT2D eigenvalue weighted by atomic mass is 32.2. The molecule has 0 aliphatic carbocycles. The summed E-state index contributed by atoms with van der Waals surface area (Å²) < 4.78 is 27.6. The normalized spacial score (nSPS) is 13.3. The third-order valence-electron chi connectivity index (χ3n) is 2.89. The van der Waals surface area contributed by atoms with Crippen LogP contribution in [0.15, 0.2) is 29.2 Å². The number of hydrogen-bond donors (Lipinski definition) is 2. The van der Waals surface area contributed by atoms with Crippen LogP contribution in [0.4, 0.5) is 0 Å². The van der Waals surface area contributed by atoms with E-state index >= 15 is 0 Å². The molecule has 6 heteroatoms. The van der Waals surface area contributed by atoms with E-state index in [0.29, 0.717) is 11.4 Å². The lowest BCUT2D eigenvalue weighted by molar-refractivity contribution is 0.555. The molecule has 0 radical (unpaired) electrons. The number of rotatable bonds is 9. The Balaban J connectivity index is 2.78. The molecule has 0 bridgehead atoms. The molecule has 0 aliphatic rings. The van der Waals surface area contributed by atoms with Crippen LogP contribution in [0, 0.1) is 0 Å². The molecule has 0 spiro atoms. The molecule has 2 N–H and O–H groups in total. The second-order valence-electron chi connectivity index (χ2n) is 4.65. The van der Waals surface area contributed by atoms with Gasteiger partial charge in [0.25, 0.3) is 0 Å². The van der Waals surface area contributed by atoms with Crippen LogP contribution in [0.25, 0.3) is 0 Å². The van der Waals surface area contributed by atoms with Crippen molar-refractivity contribution in [1.29, 1.82) is 0 Å². The van der Waals surface area contributed by atoms with E-state index in [4.69, 9.17) is 0 Å². The summed E-state index contributed by atoms with van der Waals surface area (Å²) in [5.41, 5.74) is 0.789. The maximum absolute atomic E-state index is 12.4. The van der Waals surface area contributed by atoms with E-state index in [-0.39, 0.29) is 6.04 Å². The van der Waals surface area contributed by atoms with E-state index in [0.717, 1.165) is 23.5 Å². The third kappa shape index (κ3) is 5.44. The van der Waals surface area contributed by atoms with Crippen LogP contribution in [0.2, 0.25) is 0 Å². The van der Waals surface area contributed by atoms with Crippen LogP contribution >= 0.6 is 11.8 Å². The van der Waals surface area contributed by atoms with Crippen LogP contribution in [-0.4, -0.2) is 33.0 Å². The Labute approximate surface area is 126 Å². The average Bonchev–Trinajstić information content (AvgIpc) is 2.39. The minimum Gasteiger partial charge on any atom is -0.316 e. The molecule has 4 nitrogen and oxygen atoms in total. The van der Waals surface area contributed by atoms with E-state index in [1.165, 1.54) is 0 Å². The molecule has 0 saturated heterocycles. The van der Waals surface area contributed by atoms with E-state index < -0.39 is 10.0 Å². The van der Waals surface area contributed by atoms with Crippen molar-refractivity contribution in [2.45, 2.75) is 37.8 Å². The molecule has 1 aromatic carbocycles. The molecule has 0 aromatic heterocycles. The molecule has 1 unspecified atom stereocenters. The summed E-state index contributed by atoms with van der Waals surface area (Å²) in [5.74, 6) is 2.03. The summed E-state index contributed by atoms with van der Waals surface area (Å²) in [5, 5.41) is 3.00. The van der Waals surface area contributed by atoms with Gasteiger partial charge < -0.3 is 5.32 Å². The molecule has 1 aromatic rings. The van der Waals surface area contributed by atoms with Crippen molar-refractivity contribution >= 4 is 21.8 Å². The van der Waals surface area contributed by atoms with Crippen LogP contribution in [0.1, 0.15) is 25.8 Å². The highest BCUT2D eigenvalue weighted by Crippen LogP contribution is 2.16. The standard InChI is InChI=1S/C14H24N2O2S2/c1-4-19-10-9-12(2)16-20(17,18)14-8-6-5-7-13(14)11-15-3/h5-8,12,15-16H,4,9-11H2,1-3H3. The smallest absolute Gasteiger partial charge is 0.241 e. The lowest BCUT2D eigenvalue weighted by Gasteiger charge is -2.16. The van der Waals surface area contributed by atoms with Gasteiger partial charge in [-0.15, -0.1) is 0 Å². The summed E-state index contributed by atoms with van der Waals surface area (Å²) in [6, 6.07) is 7.05. The van der Waals surface area contributed by atoms with E-state index in [1.54, 1.807) is 19.2 Å². The predicted octanol–water partition coefficient (Wildman–Crippen LogP) is 2.22. The van der Waals surface area contributed by atoms with Crippen molar-refractivity contribution in [3.05, 3.63) is 29.8 Å². The van der Waals surface area contributed by atoms with Gasteiger partial charge in [-0.05, 0) is 43.5 Å². The largest absolute Gasteiger partial charge is 0.316 e. The zero-order valence-electron chi connectivity index (χ0n) is 12.3. The van der Waals surface area contributed by atoms with Crippen LogP contribution < -0.4 is 10.0 Å². The topological polar surface area (TPSA) is 58.2 Å². The van der Waals surface area contributed by atoms with Gasteiger partial charge in [0.1, 0.15) is 0 Å². The maximum Gasteiger partial charge on any atom is 0.241 e. The SMILES string of the molecule is CCSCCC(C)NS(=O)(=O)c1ccccc1CNC. The lowest BCUT2D eigenvalue weighted by Crippen LogP contribution is -2.33. The highest BCUT2D eigenvalue weighted by molar-refractivity contribution is 7.99. The minimum atomic E-state index is -3.45. The molecular formula is C14H24N2O2S2. The first-order valence-electron chi connectivity index (χ1n) is 6.83. The molecule has 0 heterocycles. The predicted molar refractivity (Wildman–Crippen MR) is 86.6 cm³/mol. The van der Waals surface area contributed by atoms with E-state index in [2.05, 4.69) is 17.0 Å². The van der Waals surface area contributed by atoms with E-state index in [9.17, 15) is 8.42 Å². The number of thioether (sulfide) groups is 1. The first-order valence-corrected chi connectivity index (χ1v) is 9.47. The zero-order valence-corrected chi connectivity index (χ0v) is 14.0. The van der Waals surface area contributed by atoms with Gasteiger partial charge in [0.2, 0.25) is 10.0 Å². The molecule has 0 amide bonds. The van der Waals surface area contributed by atoms with Gasteiger partial charge >= 0.3 is 0 Å². The Morgan fingerprint density at radius 1 is 1.30 bits per heavy atom. The summed E-state index contributed by atoms with van der Waals surface area (Å²) in [7, 11) is -1.64. The van der Waals surface area contributed by atoms with Crippen molar-refractivity contribution in [2.24, 2.45) is 0 Å². The lowest BCUT2D eigenvalue weighted by atomic mass is 10.2.